The van der Waals surface area contributed by atoms with Crippen molar-refractivity contribution in [1.82, 2.24) is 4.98 Å². The van der Waals surface area contributed by atoms with Gasteiger partial charge in [-0.1, -0.05) is 17.7 Å². The van der Waals surface area contributed by atoms with Gasteiger partial charge < -0.3 is 10.0 Å². The highest BCUT2D eigenvalue weighted by Crippen LogP contribution is 2.24. The van der Waals surface area contributed by atoms with Crippen LogP contribution in [0, 0.1) is 5.82 Å². The second-order valence-corrected chi connectivity index (χ2v) is 4.42. The Morgan fingerprint density at radius 2 is 2.20 bits per heavy atom. The summed E-state index contributed by atoms with van der Waals surface area (Å²) in [5.74, 6) is -1.07. The first-order chi connectivity index (χ1) is 9.52. The lowest BCUT2D eigenvalue weighted by Crippen LogP contribution is -2.31. The third-order valence-electron chi connectivity index (χ3n) is 2.74. The molecule has 1 aromatic heterocycles. The van der Waals surface area contributed by atoms with E-state index in [0.717, 1.165) is 12.3 Å². The van der Waals surface area contributed by atoms with Crippen LogP contribution in [0.15, 0.2) is 36.5 Å². The highest BCUT2D eigenvalue weighted by Gasteiger charge is 2.20. The Balaban J connectivity index is 2.41. The molecule has 0 aliphatic heterocycles. The SMILES string of the molecule is CCN(C(=O)c1cc(F)cnc1Cl)c1cccc(O)c1. The van der Waals surface area contributed by atoms with Crippen LogP contribution in [0.3, 0.4) is 0 Å². The molecule has 0 saturated heterocycles. The molecule has 20 heavy (non-hydrogen) atoms. The van der Waals surface area contributed by atoms with E-state index < -0.39 is 11.7 Å². The molecule has 2 aromatic rings. The van der Waals surface area contributed by atoms with Crippen LogP contribution in [0.1, 0.15) is 17.3 Å². The molecule has 0 unspecified atom stereocenters. The number of benzene rings is 1. The van der Waals surface area contributed by atoms with E-state index in [1.165, 1.54) is 17.0 Å². The Morgan fingerprint density at radius 3 is 2.85 bits per heavy atom. The highest BCUT2D eigenvalue weighted by atomic mass is 35.5. The van der Waals surface area contributed by atoms with Crippen LogP contribution >= 0.6 is 11.6 Å². The summed E-state index contributed by atoms with van der Waals surface area (Å²) in [6.07, 6.45) is 0.948. The van der Waals surface area contributed by atoms with Crippen LogP contribution in [0.2, 0.25) is 5.15 Å². The number of carbonyl (C=O) groups excluding carboxylic acids is 1. The maximum atomic E-state index is 13.2. The molecule has 2 rings (SSSR count). The largest absolute Gasteiger partial charge is 0.508 e. The smallest absolute Gasteiger partial charge is 0.261 e. The molecule has 1 amide bonds. The number of anilines is 1. The Kier molecular flexibility index (Phi) is 4.20. The summed E-state index contributed by atoms with van der Waals surface area (Å²) < 4.78 is 13.2. The molecule has 104 valence electrons. The van der Waals surface area contributed by atoms with Crippen molar-refractivity contribution in [2.24, 2.45) is 0 Å². The molecule has 1 heterocycles. The predicted molar refractivity (Wildman–Crippen MR) is 74.7 cm³/mol. The molecule has 0 saturated carbocycles. The monoisotopic (exact) mass is 294 g/mol. The quantitative estimate of drug-likeness (QED) is 0.884. The van der Waals surface area contributed by atoms with E-state index in [4.69, 9.17) is 11.6 Å². The number of halogens is 2. The third kappa shape index (κ3) is 2.88. The van der Waals surface area contributed by atoms with Crippen molar-refractivity contribution in [3.63, 3.8) is 0 Å². The van der Waals surface area contributed by atoms with Crippen molar-refractivity contribution in [3.05, 3.63) is 53.1 Å². The molecule has 0 bridgehead atoms. The van der Waals surface area contributed by atoms with Crippen LogP contribution in [-0.2, 0) is 0 Å². The number of phenolic OH excluding ortho intramolecular Hbond substituents is 1. The summed E-state index contributed by atoms with van der Waals surface area (Å²) >= 11 is 5.84. The second kappa shape index (κ2) is 5.88. The van der Waals surface area contributed by atoms with E-state index >= 15 is 0 Å². The molecule has 0 radical (unpaired) electrons. The molecule has 6 heteroatoms. The zero-order chi connectivity index (χ0) is 14.7. The van der Waals surface area contributed by atoms with Crippen molar-refractivity contribution in [1.29, 1.82) is 0 Å². The summed E-state index contributed by atoms with van der Waals surface area (Å²) in [4.78, 5) is 17.4. The van der Waals surface area contributed by atoms with E-state index in [2.05, 4.69) is 4.98 Å². The van der Waals surface area contributed by atoms with Gasteiger partial charge in [0.2, 0.25) is 0 Å². The number of aromatic hydroxyl groups is 1. The van der Waals surface area contributed by atoms with Gasteiger partial charge in [0.05, 0.1) is 11.8 Å². The van der Waals surface area contributed by atoms with Gasteiger partial charge in [-0.15, -0.1) is 0 Å². The van der Waals surface area contributed by atoms with Crippen LogP contribution < -0.4 is 4.90 Å². The van der Waals surface area contributed by atoms with Gasteiger partial charge >= 0.3 is 0 Å². The van der Waals surface area contributed by atoms with Crippen LogP contribution in [0.5, 0.6) is 5.75 Å². The maximum Gasteiger partial charge on any atom is 0.261 e. The summed E-state index contributed by atoms with van der Waals surface area (Å²) in [6, 6.07) is 7.28. The lowest BCUT2D eigenvalue weighted by molar-refractivity contribution is 0.0987. The maximum absolute atomic E-state index is 13.2. The lowest BCUT2D eigenvalue weighted by atomic mass is 10.2. The number of hydrogen-bond acceptors (Lipinski definition) is 3. The number of hydrogen-bond donors (Lipinski definition) is 1. The molecular weight excluding hydrogens is 283 g/mol. The number of aromatic nitrogens is 1. The van der Waals surface area contributed by atoms with E-state index in [1.54, 1.807) is 19.1 Å². The fourth-order valence-corrected chi connectivity index (χ4v) is 2.01. The molecule has 1 N–H and O–H groups in total. The second-order valence-electron chi connectivity index (χ2n) is 4.06. The van der Waals surface area contributed by atoms with Crippen LogP contribution in [-0.4, -0.2) is 22.5 Å². The van der Waals surface area contributed by atoms with Gasteiger partial charge in [0.15, 0.2) is 0 Å². The molecular formula is C14H12ClFN2O2. The van der Waals surface area contributed by atoms with E-state index in [9.17, 15) is 14.3 Å². The Morgan fingerprint density at radius 1 is 1.45 bits per heavy atom. The minimum atomic E-state index is -0.635. The lowest BCUT2D eigenvalue weighted by Gasteiger charge is -2.21. The fourth-order valence-electron chi connectivity index (χ4n) is 1.82. The first-order valence-corrected chi connectivity index (χ1v) is 6.32. The number of carbonyl (C=O) groups is 1. The first kappa shape index (κ1) is 14.3. The molecule has 4 nitrogen and oxygen atoms in total. The number of pyridine rings is 1. The van der Waals surface area contributed by atoms with Gasteiger partial charge in [0, 0.05) is 18.3 Å². The van der Waals surface area contributed by atoms with Crippen LogP contribution in [0.4, 0.5) is 10.1 Å². The average molecular weight is 295 g/mol. The minimum Gasteiger partial charge on any atom is -0.508 e. The van der Waals surface area contributed by atoms with Crippen molar-refractivity contribution < 1.29 is 14.3 Å². The van der Waals surface area contributed by atoms with E-state index in [-0.39, 0.29) is 16.5 Å². The van der Waals surface area contributed by atoms with Crippen molar-refractivity contribution >= 4 is 23.2 Å². The van der Waals surface area contributed by atoms with Gasteiger partial charge in [0.1, 0.15) is 16.7 Å². The van der Waals surface area contributed by atoms with Crippen molar-refractivity contribution in [2.45, 2.75) is 6.92 Å². The molecule has 0 fully saturated rings. The fraction of sp³-hybridized carbons (Fsp3) is 0.143. The number of nitrogens with zero attached hydrogens (tertiary/aromatic N) is 2. The molecule has 1 aromatic carbocycles. The Bertz CT molecular complexity index is 649. The topological polar surface area (TPSA) is 53.4 Å². The van der Waals surface area contributed by atoms with Gasteiger partial charge in [-0.25, -0.2) is 9.37 Å². The summed E-state index contributed by atoms with van der Waals surface area (Å²) in [6.45, 7) is 2.11. The average Bonchev–Trinajstić information content (AvgIpc) is 2.42. The number of phenols is 1. The van der Waals surface area contributed by atoms with E-state index in [1.807, 2.05) is 0 Å². The zero-order valence-electron chi connectivity index (χ0n) is 10.7. The normalized spacial score (nSPS) is 10.3. The summed E-state index contributed by atoms with van der Waals surface area (Å²) in [5.41, 5.74) is 0.481. The third-order valence-corrected chi connectivity index (χ3v) is 3.04. The van der Waals surface area contributed by atoms with Gasteiger partial charge in [-0.3, -0.25) is 4.79 Å². The minimum absolute atomic E-state index is 0.0168. The Labute approximate surface area is 120 Å². The molecule has 0 spiro atoms. The molecule has 0 aliphatic rings. The predicted octanol–water partition coefficient (Wildman–Crippen LogP) is 3.25. The van der Waals surface area contributed by atoms with Crippen LogP contribution in [0.25, 0.3) is 0 Å². The van der Waals surface area contributed by atoms with Crippen molar-refractivity contribution in [3.8, 4) is 5.75 Å². The summed E-state index contributed by atoms with van der Waals surface area (Å²) in [7, 11) is 0. The Hall–Kier alpha value is -2.14. The highest BCUT2D eigenvalue weighted by molar-refractivity contribution is 6.33. The van der Waals surface area contributed by atoms with Gasteiger partial charge in [0.25, 0.3) is 5.91 Å². The summed E-state index contributed by atoms with van der Waals surface area (Å²) in [5, 5.41) is 9.41. The van der Waals surface area contributed by atoms with Gasteiger partial charge in [-0.05, 0) is 25.1 Å². The number of amides is 1. The molecule has 0 aliphatic carbocycles. The first-order valence-electron chi connectivity index (χ1n) is 5.95. The molecule has 0 atom stereocenters. The zero-order valence-corrected chi connectivity index (χ0v) is 11.4. The van der Waals surface area contributed by atoms with Gasteiger partial charge in [-0.2, -0.15) is 0 Å². The number of rotatable bonds is 3. The van der Waals surface area contributed by atoms with Crippen molar-refractivity contribution in [2.75, 3.05) is 11.4 Å². The standard InChI is InChI=1S/C14H12ClFN2O2/c1-2-18(10-4-3-5-11(19)7-10)14(20)12-6-9(16)8-17-13(12)15/h3-8,19H,2H2,1H3. The van der Waals surface area contributed by atoms with E-state index in [0.29, 0.717) is 12.2 Å².